The predicted molar refractivity (Wildman–Crippen MR) is 108 cm³/mol. The van der Waals surface area contributed by atoms with Crippen molar-refractivity contribution in [3.8, 4) is 23.1 Å². The van der Waals surface area contributed by atoms with Gasteiger partial charge in [-0.1, -0.05) is 6.42 Å². The quantitative estimate of drug-likeness (QED) is 0.573. The van der Waals surface area contributed by atoms with Gasteiger partial charge in [0.25, 0.3) is 0 Å². The van der Waals surface area contributed by atoms with Crippen molar-refractivity contribution in [1.29, 1.82) is 0 Å². The molecule has 0 saturated heterocycles. The maximum Gasteiger partial charge on any atom is 0.230 e. The van der Waals surface area contributed by atoms with Crippen molar-refractivity contribution in [2.75, 3.05) is 26.2 Å². The highest BCUT2D eigenvalue weighted by Crippen LogP contribution is 2.35. The minimum Gasteiger partial charge on any atom is -0.493 e. The Kier molecular flexibility index (Phi) is 5.43. The lowest BCUT2D eigenvalue weighted by molar-refractivity contribution is 0.348. The highest BCUT2D eigenvalue weighted by Gasteiger charge is 2.15. The number of anilines is 1. The van der Waals surface area contributed by atoms with Crippen LogP contribution in [0.15, 0.2) is 42.7 Å². The molecule has 0 bridgehead atoms. The third-order valence-electron chi connectivity index (χ3n) is 4.96. The second-order valence-corrected chi connectivity index (χ2v) is 6.72. The number of hydrogen-bond donors (Lipinski definition) is 2. The number of aromatic nitrogens is 2. The first-order valence-electron chi connectivity index (χ1n) is 9.38. The number of nitrogens with one attached hydrogen (secondary N) is 2. The lowest BCUT2D eigenvalue weighted by Gasteiger charge is -2.26. The van der Waals surface area contributed by atoms with E-state index < -0.39 is 0 Å². The molecule has 1 heterocycles. The van der Waals surface area contributed by atoms with Gasteiger partial charge in [0.2, 0.25) is 5.88 Å². The SMILES string of the molecule is COc1cc2ncnc(Oc3ccc(NCNC4CCC4)cc3)c2cc1OC. The molecule has 0 aliphatic heterocycles. The van der Waals surface area contributed by atoms with Crippen LogP contribution in [-0.4, -0.2) is 36.9 Å². The van der Waals surface area contributed by atoms with E-state index in [0.717, 1.165) is 23.3 Å². The highest BCUT2D eigenvalue weighted by atomic mass is 16.5. The Bertz CT molecular complexity index is 942. The molecule has 1 fully saturated rings. The highest BCUT2D eigenvalue weighted by molar-refractivity contribution is 5.87. The second-order valence-electron chi connectivity index (χ2n) is 6.72. The smallest absolute Gasteiger partial charge is 0.230 e. The summed E-state index contributed by atoms with van der Waals surface area (Å²) in [5, 5.41) is 7.61. The maximum absolute atomic E-state index is 6.00. The van der Waals surface area contributed by atoms with Crippen LogP contribution in [0.2, 0.25) is 0 Å². The molecule has 0 unspecified atom stereocenters. The first kappa shape index (κ1) is 18.3. The van der Waals surface area contributed by atoms with Crippen LogP contribution in [0, 0.1) is 0 Å². The molecule has 2 N–H and O–H groups in total. The summed E-state index contributed by atoms with van der Waals surface area (Å²) in [6.45, 7) is 0.767. The molecule has 0 amide bonds. The van der Waals surface area contributed by atoms with E-state index in [2.05, 4.69) is 20.6 Å². The lowest BCUT2D eigenvalue weighted by atomic mass is 9.93. The van der Waals surface area contributed by atoms with E-state index in [0.29, 0.717) is 29.2 Å². The Morgan fingerprint density at radius 3 is 2.43 bits per heavy atom. The second kappa shape index (κ2) is 8.31. The topological polar surface area (TPSA) is 77.5 Å². The molecule has 7 heteroatoms. The van der Waals surface area contributed by atoms with Gasteiger partial charge in [-0.05, 0) is 43.2 Å². The molecule has 146 valence electrons. The van der Waals surface area contributed by atoms with Crippen LogP contribution in [-0.2, 0) is 0 Å². The van der Waals surface area contributed by atoms with Crippen molar-refractivity contribution in [2.45, 2.75) is 25.3 Å². The maximum atomic E-state index is 6.00. The van der Waals surface area contributed by atoms with E-state index in [-0.39, 0.29) is 0 Å². The van der Waals surface area contributed by atoms with Crippen LogP contribution >= 0.6 is 0 Å². The zero-order chi connectivity index (χ0) is 19.3. The molecular formula is C21H24N4O3. The average Bonchev–Trinajstić information content (AvgIpc) is 2.70. The fraction of sp³-hybridized carbons (Fsp3) is 0.333. The largest absolute Gasteiger partial charge is 0.493 e. The normalized spacial score (nSPS) is 13.8. The Balaban J connectivity index is 1.48. The molecule has 2 aromatic carbocycles. The first-order chi connectivity index (χ1) is 13.8. The molecule has 0 radical (unpaired) electrons. The van der Waals surface area contributed by atoms with Crippen molar-refractivity contribution in [3.63, 3.8) is 0 Å². The molecule has 0 spiro atoms. The zero-order valence-electron chi connectivity index (χ0n) is 16.1. The number of rotatable bonds is 8. The minimum atomic E-state index is 0.471. The molecule has 1 saturated carbocycles. The fourth-order valence-electron chi connectivity index (χ4n) is 3.10. The Hall–Kier alpha value is -3.06. The van der Waals surface area contributed by atoms with Gasteiger partial charge in [0.1, 0.15) is 12.1 Å². The third kappa shape index (κ3) is 3.94. The van der Waals surface area contributed by atoms with Gasteiger partial charge in [-0.2, -0.15) is 0 Å². The Labute approximate surface area is 164 Å². The van der Waals surface area contributed by atoms with Crippen molar-refractivity contribution in [2.24, 2.45) is 0 Å². The summed E-state index contributed by atoms with van der Waals surface area (Å²) in [7, 11) is 3.19. The number of nitrogens with zero attached hydrogens (tertiary/aromatic N) is 2. The van der Waals surface area contributed by atoms with Crippen LogP contribution < -0.4 is 24.8 Å². The van der Waals surface area contributed by atoms with Crippen molar-refractivity contribution < 1.29 is 14.2 Å². The summed E-state index contributed by atoms with van der Waals surface area (Å²) in [6, 6.07) is 12.1. The summed E-state index contributed by atoms with van der Waals surface area (Å²) in [6.07, 6.45) is 5.36. The Morgan fingerprint density at radius 2 is 1.75 bits per heavy atom. The van der Waals surface area contributed by atoms with Gasteiger partial charge in [0.15, 0.2) is 11.5 Å². The molecule has 7 nitrogen and oxygen atoms in total. The van der Waals surface area contributed by atoms with Crippen molar-refractivity contribution in [3.05, 3.63) is 42.7 Å². The van der Waals surface area contributed by atoms with Gasteiger partial charge >= 0.3 is 0 Å². The number of hydrogen-bond acceptors (Lipinski definition) is 7. The van der Waals surface area contributed by atoms with E-state index >= 15 is 0 Å². The average molecular weight is 380 g/mol. The van der Waals surface area contributed by atoms with E-state index in [4.69, 9.17) is 14.2 Å². The van der Waals surface area contributed by atoms with Crippen LogP contribution in [0.1, 0.15) is 19.3 Å². The van der Waals surface area contributed by atoms with E-state index in [1.54, 1.807) is 14.2 Å². The van der Waals surface area contributed by atoms with Crippen LogP contribution in [0.5, 0.6) is 23.1 Å². The van der Waals surface area contributed by atoms with E-state index in [1.807, 2.05) is 36.4 Å². The summed E-state index contributed by atoms with van der Waals surface area (Å²) in [5.74, 6) is 2.39. The first-order valence-corrected chi connectivity index (χ1v) is 9.38. The van der Waals surface area contributed by atoms with Crippen molar-refractivity contribution >= 4 is 16.6 Å². The van der Waals surface area contributed by atoms with E-state index in [9.17, 15) is 0 Å². The monoisotopic (exact) mass is 380 g/mol. The van der Waals surface area contributed by atoms with Crippen LogP contribution in [0.4, 0.5) is 5.69 Å². The summed E-state index contributed by atoms with van der Waals surface area (Å²) in [5.41, 5.74) is 1.76. The van der Waals surface area contributed by atoms with E-state index in [1.165, 1.54) is 25.6 Å². The molecule has 1 aliphatic rings. The van der Waals surface area contributed by atoms with Gasteiger partial charge in [-0.15, -0.1) is 0 Å². The van der Waals surface area contributed by atoms with Gasteiger partial charge in [-0.3, -0.25) is 5.32 Å². The van der Waals surface area contributed by atoms with Gasteiger partial charge in [-0.25, -0.2) is 9.97 Å². The molecule has 28 heavy (non-hydrogen) atoms. The summed E-state index contributed by atoms with van der Waals surface area (Å²) < 4.78 is 16.7. The molecule has 3 aromatic rings. The predicted octanol–water partition coefficient (Wildman–Crippen LogP) is 3.95. The number of ether oxygens (including phenoxy) is 3. The zero-order valence-corrected chi connectivity index (χ0v) is 16.1. The van der Waals surface area contributed by atoms with Crippen LogP contribution in [0.3, 0.4) is 0 Å². The molecule has 0 atom stereocenters. The number of methoxy groups -OCH3 is 2. The summed E-state index contributed by atoms with van der Waals surface area (Å²) in [4.78, 5) is 8.58. The third-order valence-corrected chi connectivity index (χ3v) is 4.96. The summed E-state index contributed by atoms with van der Waals surface area (Å²) >= 11 is 0. The van der Waals surface area contributed by atoms with Gasteiger partial charge in [0.05, 0.1) is 31.8 Å². The number of benzene rings is 2. The molecule has 4 rings (SSSR count). The Morgan fingerprint density at radius 1 is 1.00 bits per heavy atom. The van der Waals surface area contributed by atoms with Crippen molar-refractivity contribution in [1.82, 2.24) is 15.3 Å². The molecule has 1 aliphatic carbocycles. The standard InChI is InChI=1S/C21H24N4O3/c1-26-19-10-17-18(11-20(19)27-2)24-13-25-21(17)28-16-8-6-15(7-9-16)23-12-22-14-4-3-5-14/h6-11,13-14,22-23H,3-5,12H2,1-2H3. The van der Waals surface area contributed by atoms with Crippen LogP contribution in [0.25, 0.3) is 10.9 Å². The lowest BCUT2D eigenvalue weighted by Crippen LogP contribution is -2.38. The number of fused-ring (bicyclic) bond motifs is 1. The van der Waals surface area contributed by atoms with Gasteiger partial charge in [0, 0.05) is 17.8 Å². The van der Waals surface area contributed by atoms with Gasteiger partial charge < -0.3 is 19.5 Å². The minimum absolute atomic E-state index is 0.471. The fourth-order valence-corrected chi connectivity index (χ4v) is 3.10. The molecular weight excluding hydrogens is 356 g/mol. The molecule has 1 aromatic heterocycles.